The highest BCUT2D eigenvalue weighted by Gasteiger charge is 2.75. The first-order chi connectivity index (χ1) is 6.05. The summed E-state index contributed by atoms with van der Waals surface area (Å²) in [4.78, 5) is 21.1. The minimum Gasteiger partial charge on any atom is -0.386 e. The van der Waals surface area contributed by atoms with Gasteiger partial charge in [0.25, 0.3) is 0 Å². The summed E-state index contributed by atoms with van der Waals surface area (Å²) < 4.78 is 55.5. The summed E-state index contributed by atoms with van der Waals surface area (Å²) in [5.74, 6) is -8.99. The van der Waals surface area contributed by atoms with Crippen LogP contribution in [-0.4, -0.2) is 29.2 Å². The van der Waals surface area contributed by atoms with E-state index in [4.69, 9.17) is 0 Å². The van der Waals surface area contributed by atoms with Crippen LogP contribution in [0.4, 0.5) is 17.6 Å². The number of carbonyl (C=O) groups excluding carboxylic acids is 2. The zero-order chi connectivity index (χ0) is 11.4. The van der Waals surface area contributed by atoms with Crippen LogP contribution in [0.1, 0.15) is 13.8 Å². The Hall–Kier alpha value is -1.14. The van der Waals surface area contributed by atoms with Crippen LogP contribution in [0.2, 0.25) is 0 Å². The lowest BCUT2D eigenvalue weighted by Crippen LogP contribution is -2.68. The van der Waals surface area contributed by atoms with E-state index in [1.165, 1.54) is 0 Å². The van der Waals surface area contributed by atoms with Crippen LogP contribution in [0.15, 0.2) is 0 Å². The Labute approximate surface area is 76.0 Å². The number of ether oxygens (including phenoxy) is 1. The Bertz CT molecular complexity index is 280. The number of hydrogen-bond acceptors (Lipinski definition) is 3. The maximum atomic E-state index is 13.3. The lowest BCUT2D eigenvalue weighted by atomic mass is 9.82. The fraction of sp³-hybridized carbons (Fsp3) is 0.714. The fourth-order valence-corrected chi connectivity index (χ4v) is 0.922. The molecule has 0 spiro atoms. The predicted molar refractivity (Wildman–Crippen MR) is 35.1 cm³/mol. The Morgan fingerprint density at radius 3 is 1.86 bits per heavy atom. The van der Waals surface area contributed by atoms with Crippen LogP contribution >= 0.6 is 0 Å². The van der Waals surface area contributed by atoms with Crippen molar-refractivity contribution in [3.8, 4) is 0 Å². The summed E-state index contributed by atoms with van der Waals surface area (Å²) in [6.07, 6.45) is 0. The lowest BCUT2D eigenvalue weighted by Gasteiger charge is -2.39. The molecular formula is C7H6F4O3. The number of hydrogen-bond donors (Lipinski definition) is 0. The molecule has 0 aromatic carbocycles. The van der Waals surface area contributed by atoms with E-state index in [0.717, 1.165) is 0 Å². The summed E-state index contributed by atoms with van der Waals surface area (Å²) in [6, 6.07) is 0. The lowest BCUT2D eigenvalue weighted by molar-refractivity contribution is -0.243. The number of carbonyl (C=O) groups is 2. The molecule has 0 N–H and O–H groups in total. The second kappa shape index (κ2) is 2.46. The van der Waals surface area contributed by atoms with Crippen molar-refractivity contribution in [1.82, 2.24) is 0 Å². The second-order valence-corrected chi connectivity index (χ2v) is 3.26. The molecule has 1 rings (SSSR count). The largest absolute Gasteiger partial charge is 0.388 e. The van der Waals surface area contributed by atoms with Crippen molar-refractivity contribution in [3.63, 3.8) is 0 Å². The highest BCUT2D eigenvalue weighted by atomic mass is 19.3. The summed E-state index contributed by atoms with van der Waals surface area (Å²) >= 11 is 0. The average molecular weight is 214 g/mol. The molecule has 14 heavy (non-hydrogen) atoms. The molecule has 1 heterocycles. The second-order valence-electron chi connectivity index (χ2n) is 3.26. The molecule has 1 saturated heterocycles. The van der Waals surface area contributed by atoms with Crippen LogP contribution in [0.3, 0.4) is 0 Å². The van der Waals surface area contributed by atoms with Crippen molar-refractivity contribution in [2.45, 2.75) is 31.1 Å². The van der Waals surface area contributed by atoms with Crippen molar-refractivity contribution in [2.75, 3.05) is 0 Å². The average Bonchev–Trinajstić information content (AvgIpc) is 2.01. The maximum Gasteiger partial charge on any atom is 0.388 e. The van der Waals surface area contributed by atoms with Gasteiger partial charge in [0.05, 0.1) is 0 Å². The monoisotopic (exact) mass is 214 g/mol. The third kappa shape index (κ3) is 0.978. The van der Waals surface area contributed by atoms with Gasteiger partial charge in [-0.15, -0.1) is 0 Å². The molecule has 0 bridgehead atoms. The predicted octanol–water partition coefficient (Wildman–Crippen LogP) is 1.16. The standard InChI is InChI=1S/C7H6F4O3/c1-5(8)3(12)14-4(13)7(10,11)6(5,2)9/h1-2H3. The smallest absolute Gasteiger partial charge is 0.386 e. The molecule has 80 valence electrons. The molecule has 1 aliphatic heterocycles. The van der Waals surface area contributed by atoms with Crippen molar-refractivity contribution >= 4 is 11.9 Å². The molecular weight excluding hydrogens is 208 g/mol. The fourth-order valence-electron chi connectivity index (χ4n) is 0.922. The third-order valence-electron chi connectivity index (χ3n) is 2.30. The number of alkyl halides is 4. The maximum absolute atomic E-state index is 13.3. The summed E-state index contributed by atoms with van der Waals surface area (Å²) in [7, 11) is 0. The van der Waals surface area contributed by atoms with Gasteiger partial charge in [-0.25, -0.2) is 18.4 Å². The molecule has 0 aliphatic carbocycles. The topological polar surface area (TPSA) is 43.4 Å². The third-order valence-corrected chi connectivity index (χ3v) is 2.30. The first-order valence-electron chi connectivity index (χ1n) is 3.57. The van der Waals surface area contributed by atoms with Crippen molar-refractivity contribution in [1.29, 1.82) is 0 Å². The highest BCUT2D eigenvalue weighted by Crippen LogP contribution is 2.47. The van der Waals surface area contributed by atoms with E-state index in [9.17, 15) is 27.2 Å². The number of esters is 2. The summed E-state index contributed by atoms with van der Waals surface area (Å²) in [6.45, 7) is 0.445. The van der Waals surface area contributed by atoms with Crippen molar-refractivity contribution < 1.29 is 31.9 Å². The molecule has 3 nitrogen and oxygen atoms in total. The van der Waals surface area contributed by atoms with E-state index in [1.54, 1.807) is 0 Å². The number of halogens is 4. The Balaban J connectivity index is 3.31. The molecule has 0 aromatic heterocycles. The van der Waals surface area contributed by atoms with E-state index in [1.807, 2.05) is 0 Å². The number of rotatable bonds is 0. The first-order valence-corrected chi connectivity index (χ1v) is 3.57. The van der Waals surface area contributed by atoms with Gasteiger partial charge in [0.15, 0.2) is 0 Å². The van der Waals surface area contributed by atoms with Gasteiger partial charge < -0.3 is 4.74 Å². The van der Waals surface area contributed by atoms with E-state index in [-0.39, 0.29) is 6.92 Å². The van der Waals surface area contributed by atoms with Crippen LogP contribution in [0.25, 0.3) is 0 Å². The number of cyclic esters (lactones) is 2. The Morgan fingerprint density at radius 2 is 1.43 bits per heavy atom. The molecule has 1 fully saturated rings. The Morgan fingerprint density at radius 1 is 1.00 bits per heavy atom. The molecule has 7 heteroatoms. The molecule has 0 aromatic rings. The summed E-state index contributed by atoms with van der Waals surface area (Å²) in [5, 5.41) is 0. The zero-order valence-corrected chi connectivity index (χ0v) is 7.24. The van der Waals surface area contributed by atoms with E-state index >= 15 is 0 Å². The van der Waals surface area contributed by atoms with E-state index in [0.29, 0.717) is 6.92 Å². The Kier molecular flexibility index (Phi) is 1.92. The van der Waals surface area contributed by atoms with Crippen LogP contribution < -0.4 is 0 Å². The van der Waals surface area contributed by atoms with Crippen LogP contribution in [-0.2, 0) is 14.3 Å². The van der Waals surface area contributed by atoms with Gasteiger partial charge in [-0.2, -0.15) is 8.78 Å². The van der Waals surface area contributed by atoms with Gasteiger partial charge in [-0.1, -0.05) is 0 Å². The van der Waals surface area contributed by atoms with Crippen LogP contribution in [0.5, 0.6) is 0 Å². The zero-order valence-electron chi connectivity index (χ0n) is 7.24. The molecule has 0 amide bonds. The first kappa shape index (κ1) is 10.9. The van der Waals surface area contributed by atoms with E-state index < -0.39 is 29.2 Å². The van der Waals surface area contributed by atoms with Crippen LogP contribution in [0, 0.1) is 0 Å². The SMILES string of the molecule is CC1(F)C(=O)OC(=O)C(F)(F)C1(C)F. The van der Waals surface area contributed by atoms with Gasteiger partial charge in [0.2, 0.25) is 11.3 Å². The van der Waals surface area contributed by atoms with Gasteiger partial charge in [0, 0.05) is 0 Å². The molecule has 0 radical (unpaired) electrons. The van der Waals surface area contributed by atoms with Gasteiger partial charge in [-0.05, 0) is 13.8 Å². The molecule has 2 atom stereocenters. The quantitative estimate of drug-likeness (QED) is 0.345. The summed E-state index contributed by atoms with van der Waals surface area (Å²) in [5.41, 5.74) is -7.46. The van der Waals surface area contributed by atoms with E-state index in [2.05, 4.69) is 4.74 Å². The van der Waals surface area contributed by atoms with Gasteiger partial charge >= 0.3 is 17.9 Å². The van der Waals surface area contributed by atoms with Crippen molar-refractivity contribution in [3.05, 3.63) is 0 Å². The van der Waals surface area contributed by atoms with Gasteiger partial charge in [0.1, 0.15) is 0 Å². The molecule has 1 aliphatic rings. The molecule has 0 saturated carbocycles. The highest BCUT2D eigenvalue weighted by molar-refractivity contribution is 5.99. The molecule has 2 unspecified atom stereocenters. The van der Waals surface area contributed by atoms with Crippen molar-refractivity contribution in [2.24, 2.45) is 0 Å². The minimum absolute atomic E-state index is 0.144. The van der Waals surface area contributed by atoms with Gasteiger partial charge in [-0.3, -0.25) is 0 Å². The minimum atomic E-state index is -4.68. The normalized spacial score (nSPS) is 42.1.